The summed E-state index contributed by atoms with van der Waals surface area (Å²) in [6.45, 7) is 18.5. The minimum absolute atomic E-state index is 0.128. The molecular formula is C28H43N3O4. The number of hydrogen-bond donors (Lipinski definition) is 2. The van der Waals surface area contributed by atoms with Crippen LogP contribution >= 0.6 is 0 Å². The summed E-state index contributed by atoms with van der Waals surface area (Å²) >= 11 is 0. The highest BCUT2D eigenvalue weighted by Gasteiger charge is 2.43. The lowest BCUT2D eigenvalue weighted by molar-refractivity contribution is -0.149. The second-order valence-corrected chi connectivity index (χ2v) is 11.2. The monoisotopic (exact) mass is 485 g/mol. The molecule has 7 nitrogen and oxygen atoms in total. The lowest BCUT2D eigenvalue weighted by Gasteiger charge is -2.44. The predicted molar refractivity (Wildman–Crippen MR) is 140 cm³/mol. The molecule has 3 unspecified atom stereocenters. The first-order valence-electron chi connectivity index (χ1n) is 12.2. The lowest BCUT2D eigenvalue weighted by Crippen LogP contribution is -2.60. The number of benzene rings is 1. The van der Waals surface area contributed by atoms with Gasteiger partial charge in [0, 0.05) is 17.1 Å². The van der Waals surface area contributed by atoms with Crippen LogP contribution in [0.2, 0.25) is 0 Å². The Morgan fingerprint density at radius 1 is 1.00 bits per heavy atom. The van der Waals surface area contributed by atoms with E-state index in [0.717, 1.165) is 0 Å². The predicted octanol–water partition coefficient (Wildman–Crippen LogP) is 4.80. The summed E-state index contributed by atoms with van der Waals surface area (Å²) in [5.74, 6) is 1.71. The van der Waals surface area contributed by atoms with E-state index in [2.05, 4.69) is 16.6 Å². The van der Waals surface area contributed by atoms with Crippen molar-refractivity contribution in [2.24, 2.45) is 5.92 Å². The van der Waals surface area contributed by atoms with Gasteiger partial charge in [0.15, 0.2) is 0 Å². The number of ether oxygens (including phenoxy) is 1. The number of terminal acetylenes is 1. The number of rotatable bonds is 8. The van der Waals surface area contributed by atoms with Gasteiger partial charge in [-0.3, -0.25) is 9.59 Å². The molecule has 0 aromatic heterocycles. The van der Waals surface area contributed by atoms with Gasteiger partial charge in [0.25, 0.3) is 0 Å². The van der Waals surface area contributed by atoms with Gasteiger partial charge < -0.3 is 20.3 Å². The van der Waals surface area contributed by atoms with E-state index in [9.17, 15) is 14.4 Å². The van der Waals surface area contributed by atoms with Crippen LogP contribution in [0.15, 0.2) is 24.3 Å². The number of amides is 3. The van der Waals surface area contributed by atoms with Crippen LogP contribution in [0.1, 0.15) is 92.8 Å². The minimum atomic E-state index is -0.927. The van der Waals surface area contributed by atoms with Crippen molar-refractivity contribution in [3.8, 4) is 12.3 Å². The molecule has 0 fully saturated rings. The molecule has 0 heterocycles. The van der Waals surface area contributed by atoms with Crippen molar-refractivity contribution >= 4 is 17.9 Å². The number of alkyl carbamates (subject to hydrolysis) is 1. The number of nitrogens with one attached hydrogen (secondary N) is 2. The molecule has 194 valence electrons. The summed E-state index contributed by atoms with van der Waals surface area (Å²) in [6.07, 6.45) is 5.48. The van der Waals surface area contributed by atoms with Gasteiger partial charge in [-0.25, -0.2) is 4.79 Å². The van der Waals surface area contributed by atoms with Crippen molar-refractivity contribution in [3.63, 3.8) is 0 Å². The molecule has 0 aliphatic rings. The van der Waals surface area contributed by atoms with Crippen molar-refractivity contribution < 1.29 is 19.1 Å². The lowest BCUT2D eigenvalue weighted by atomic mass is 9.91. The Morgan fingerprint density at radius 3 is 1.94 bits per heavy atom. The van der Waals surface area contributed by atoms with Crippen LogP contribution in [0.4, 0.5) is 4.79 Å². The smallest absolute Gasteiger partial charge is 0.408 e. The maximum atomic E-state index is 14.2. The maximum Gasteiger partial charge on any atom is 0.408 e. The van der Waals surface area contributed by atoms with E-state index in [-0.39, 0.29) is 23.8 Å². The molecule has 0 aliphatic carbocycles. The van der Waals surface area contributed by atoms with E-state index >= 15 is 0 Å². The van der Waals surface area contributed by atoms with Crippen molar-refractivity contribution in [1.82, 2.24) is 15.5 Å². The Hall–Kier alpha value is -3.01. The average molecular weight is 486 g/mol. The molecule has 2 N–H and O–H groups in total. The van der Waals surface area contributed by atoms with Gasteiger partial charge in [-0.05, 0) is 79.0 Å². The van der Waals surface area contributed by atoms with Gasteiger partial charge in [-0.2, -0.15) is 0 Å². The van der Waals surface area contributed by atoms with Crippen molar-refractivity contribution in [1.29, 1.82) is 0 Å². The van der Waals surface area contributed by atoms with E-state index in [1.54, 1.807) is 49.9 Å². The summed E-state index contributed by atoms with van der Waals surface area (Å²) in [7, 11) is 0. The fraction of sp³-hybridized carbons (Fsp3) is 0.607. The zero-order chi connectivity index (χ0) is 27.1. The molecule has 1 aromatic carbocycles. The Morgan fingerprint density at radius 2 is 1.54 bits per heavy atom. The third-order valence-corrected chi connectivity index (χ3v) is 5.44. The Bertz CT molecular complexity index is 917. The Labute approximate surface area is 211 Å². The second-order valence-electron chi connectivity index (χ2n) is 11.2. The molecule has 1 rings (SSSR count). The number of carbonyl (C=O) groups excluding carboxylic acids is 3. The number of hydrogen-bond acceptors (Lipinski definition) is 4. The first-order chi connectivity index (χ1) is 16.0. The molecule has 0 saturated heterocycles. The first kappa shape index (κ1) is 30.0. The van der Waals surface area contributed by atoms with Crippen molar-refractivity contribution in [2.45, 2.75) is 105 Å². The fourth-order valence-electron chi connectivity index (χ4n) is 3.66. The van der Waals surface area contributed by atoms with E-state index in [1.165, 1.54) is 0 Å². The standard InChI is InChI=1S/C28H43N3O4/c1-12-19(5)22(30-26(34)35-28(9,10)11)25(33)31(27(6,7)8)23(24(32)29-18(3)4)21-16-14-20(13-2)15-17-21/h2,14-19,22-23H,12H2,1,3-11H3,(H,29,32)(H,30,34). The second kappa shape index (κ2) is 12.1. The molecule has 3 amide bonds. The number of nitrogens with zero attached hydrogens (tertiary/aromatic N) is 1. The molecule has 3 atom stereocenters. The fourth-order valence-corrected chi connectivity index (χ4v) is 3.66. The molecule has 0 radical (unpaired) electrons. The molecule has 0 bridgehead atoms. The average Bonchev–Trinajstić information content (AvgIpc) is 2.72. The quantitative estimate of drug-likeness (QED) is 0.518. The van der Waals surface area contributed by atoms with Gasteiger partial charge in [0.2, 0.25) is 11.8 Å². The third-order valence-electron chi connectivity index (χ3n) is 5.44. The highest BCUT2D eigenvalue weighted by molar-refractivity contribution is 5.93. The van der Waals surface area contributed by atoms with Crippen LogP contribution in [0.3, 0.4) is 0 Å². The van der Waals surface area contributed by atoms with Gasteiger partial charge in [0.1, 0.15) is 17.7 Å². The topological polar surface area (TPSA) is 87.7 Å². The normalized spacial score (nSPS) is 14.3. The molecule has 35 heavy (non-hydrogen) atoms. The van der Waals surface area contributed by atoms with Gasteiger partial charge in [-0.15, -0.1) is 6.42 Å². The van der Waals surface area contributed by atoms with Gasteiger partial charge >= 0.3 is 6.09 Å². The largest absolute Gasteiger partial charge is 0.444 e. The molecule has 1 aromatic rings. The van der Waals surface area contributed by atoms with Crippen LogP contribution in [0.25, 0.3) is 0 Å². The molecule has 0 spiro atoms. The van der Waals surface area contributed by atoms with Crippen LogP contribution in [-0.2, 0) is 14.3 Å². The zero-order valence-corrected chi connectivity index (χ0v) is 23.0. The van der Waals surface area contributed by atoms with Gasteiger partial charge in [0.05, 0.1) is 0 Å². The summed E-state index contributed by atoms with van der Waals surface area (Å²) in [4.78, 5) is 41.9. The minimum Gasteiger partial charge on any atom is -0.444 e. The van der Waals surface area contributed by atoms with Gasteiger partial charge in [-0.1, -0.05) is 38.3 Å². The number of carbonyl (C=O) groups is 3. The van der Waals surface area contributed by atoms with E-state index < -0.39 is 29.3 Å². The summed E-state index contributed by atoms with van der Waals surface area (Å²) < 4.78 is 5.43. The zero-order valence-electron chi connectivity index (χ0n) is 23.0. The summed E-state index contributed by atoms with van der Waals surface area (Å²) in [5, 5.41) is 5.72. The van der Waals surface area contributed by atoms with Crippen molar-refractivity contribution in [2.75, 3.05) is 0 Å². The Kier molecular flexibility index (Phi) is 10.4. The van der Waals surface area contributed by atoms with E-state index in [4.69, 9.17) is 11.2 Å². The molecule has 0 saturated carbocycles. The highest BCUT2D eigenvalue weighted by Crippen LogP contribution is 2.31. The summed E-state index contributed by atoms with van der Waals surface area (Å²) in [6, 6.07) is 5.11. The van der Waals surface area contributed by atoms with Crippen molar-refractivity contribution in [3.05, 3.63) is 35.4 Å². The maximum absolute atomic E-state index is 14.2. The molecular weight excluding hydrogens is 442 g/mol. The Balaban J connectivity index is 3.60. The molecule has 0 aliphatic heterocycles. The van der Waals surface area contributed by atoms with E-state index in [1.807, 2.05) is 48.5 Å². The SMILES string of the molecule is C#Cc1ccc(C(C(=O)NC(C)C)N(C(=O)C(NC(=O)OC(C)(C)C)C(C)CC)C(C)(C)C)cc1. The third kappa shape index (κ3) is 8.93. The first-order valence-corrected chi connectivity index (χ1v) is 12.2. The molecule has 7 heteroatoms. The van der Waals surface area contributed by atoms with Crippen LogP contribution in [0.5, 0.6) is 0 Å². The highest BCUT2D eigenvalue weighted by atomic mass is 16.6. The van der Waals surface area contributed by atoms with Crippen LogP contribution < -0.4 is 10.6 Å². The summed E-state index contributed by atoms with van der Waals surface area (Å²) in [5.41, 5.74) is -0.155. The van der Waals surface area contributed by atoms with Crippen LogP contribution in [0, 0.1) is 18.3 Å². The van der Waals surface area contributed by atoms with Crippen LogP contribution in [-0.4, -0.2) is 46.0 Å². The van der Waals surface area contributed by atoms with E-state index in [0.29, 0.717) is 17.5 Å².